The first-order valence-electron chi connectivity index (χ1n) is 12.2. The molecule has 0 aliphatic rings. The van der Waals surface area contributed by atoms with Gasteiger partial charge in [-0.2, -0.15) is 0 Å². The number of hydrogen-bond acceptors (Lipinski definition) is 6. The van der Waals surface area contributed by atoms with Gasteiger partial charge in [0.2, 0.25) is 0 Å². The molecular weight excluding hydrogens is 496 g/mol. The predicted octanol–water partition coefficient (Wildman–Crippen LogP) is 5.26. The Balaban J connectivity index is 1.37. The fraction of sp³-hybridized carbons (Fsp3) is 0.167. The van der Waals surface area contributed by atoms with Gasteiger partial charge in [-0.25, -0.2) is 4.98 Å². The van der Waals surface area contributed by atoms with E-state index in [-0.39, 0.29) is 17.5 Å². The fourth-order valence-corrected chi connectivity index (χ4v) is 4.63. The van der Waals surface area contributed by atoms with Crippen LogP contribution in [0.4, 0.5) is 10.8 Å². The molecule has 2 N–H and O–H groups in total. The van der Waals surface area contributed by atoms with E-state index < -0.39 is 0 Å². The maximum absolute atomic E-state index is 12.9. The van der Waals surface area contributed by atoms with Crippen LogP contribution < -0.4 is 20.3 Å². The van der Waals surface area contributed by atoms with Gasteiger partial charge in [0.25, 0.3) is 11.8 Å². The van der Waals surface area contributed by atoms with Gasteiger partial charge < -0.3 is 15.0 Å². The average molecular weight is 527 g/mol. The summed E-state index contributed by atoms with van der Waals surface area (Å²) in [5.41, 5.74) is 4.98. The van der Waals surface area contributed by atoms with Crippen molar-refractivity contribution in [1.82, 2.24) is 10.3 Å². The van der Waals surface area contributed by atoms with Gasteiger partial charge in [0.05, 0.1) is 12.8 Å². The summed E-state index contributed by atoms with van der Waals surface area (Å²) in [5.74, 6) is 0.183. The molecule has 38 heavy (non-hydrogen) atoms. The number of benzene rings is 3. The van der Waals surface area contributed by atoms with Crippen molar-refractivity contribution in [3.05, 3.63) is 113 Å². The Morgan fingerprint density at radius 3 is 2.24 bits per heavy atom. The molecular formula is C30H30N4O3S. The zero-order chi connectivity index (χ0) is 26.9. The molecule has 1 aromatic heterocycles. The van der Waals surface area contributed by atoms with Crippen LogP contribution in [0.1, 0.15) is 27.2 Å². The van der Waals surface area contributed by atoms with Gasteiger partial charge >= 0.3 is 0 Å². The van der Waals surface area contributed by atoms with Gasteiger partial charge in [-0.3, -0.25) is 14.9 Å². The summed E-state index contributed by atoms with van der Waals surface area (Å²) in [6.45, 7) is 0.447. The molecule has 0 unspecified atom stereocenters. The number of ether oxygens (including phenoxy) is 1. The summed E-state index contributed by atoms with van der Waals surface area (Å²) < 4.78 is 5.48. The molecule has 0 spiro atoms. The monoisotopic (exact) mass is 526 g/mol. The molecule has 7 nitrogen and oxygen atoms in total. The Labute approximate surface area is 226 Å². The first-order chi connectivity index (χ1) is 18.4. The molecule has 0 aliphatic heterocycles. The number of amides is 2. The number of rotatable bonds is 10. The summed E-state index contributed by atoms with van der Waals surface area (Å²) >= 11 is 1.21. The highest BCUT2D eigenvalue weighted by molar-refractivity contribution is 7.14. The fourth-order valence-electron chi connectivity index (χ4n) is 3.93. The Bertz CT molecular complexity index is 1370. The van der Waals surface area contributed by atoms with E-state index in [9.17, 15) is 9.59 Å². The van der Waals surface area contributed by atoms with Gasteiger partial charge in [-0.05, 0) is 40.8 Å². The number of carbonyl (C=O) groups excluding carboxylic acids is 2. The maximum atomic E-state index is 12.9. The van der Waals surface area contributed by atoms with Crippen LogP contribution in [-0.2, 0) is 11.2 Å². The van der Waals surface area contributed by atoms with Crippen molar-refractivity contribution >= 4 is 39.5 Å². The average Bonchev–Trinajstić information content (AvgIpc) is 3.41. The molecule has 0 radical (unpaired) electrons. The Hall–Kier alpha value is -4.43. The third-order valence-corrected chi connectivity index (χ3v) is 6.59. The third-order valence-electron chi connectivity index (χ3n) is 5.84. The number of nitrogens with zero attached hydrogens (tertiary/aromatic N) is 2. The van der Waals surface area contributed by atoms with Crippen LogP contribution in [0, 0.1) is 0 Å². The zero-order valence-corrected chi connectivity index (χ0v) is 22.4. The summed E-state index contributed by atoms with van der Waals surface area (Å²) in [4.78, 5) is 31.8. The smallest absolute Gasteiger partial charge is 0.270 e. The normalized spacial score (nSPS) is 10.4. The lowest BCUT2D eigenvalue weighted by Crippen LogP contribution is -2.26. The summed E-state index contributed by atoms with van der Waals surface area (Å²) in [6.07, 6.45) is 2.21. The molecule has 4 rings (SSSR count). The maximum Gasteiger partial charge on any atom is 0.270 e. The highest BCUT2D eigenvalue weighted by Crippen LogP contribution is 2.28. The molecule has 4 aromatic rings. The second kappa shape index (κ2) is 12.7. The number of anilines is 2. The van der Waals surface area contributed by atoms with E-state index in [0.29, 0.717) is 18.1 Å². The number of methoxy groups -OCH3 is 1. The third kappa shape index (κ3) is 6.86. The second-order valence-electron chi connectivity index (χ2n) is 8.72. The van der Waals surface area contributed by atoms with Crippen LogP contribution >= 0.6 is 11.3 Å². The summed E-state index contributed by atoms with van der Waals surface area (Å²) in [7, 11) is 5.57. The number of thiazole rings is 1. The zero-order valence-electron chi connectivity index (χ0n) is 21.6. The Morgan fingerprint density at radius 1 is 0.974 bits per heavy atom. The molecule has 8 heteroatoms. The van der Waals surface area contributed by atoms with Crippen LogP contribution in [0.3, 0.4) is 0 Å². The van der Waals surface area contributed by atoms with Crippen molar-refractivity contribution in [3.63, 3.8) is 0 Å². The first-order valence-corrected chi connectivity index (χ1v) is 13.0. The second-order valence-corrected chi connectivity index (χ2v) is 9.58. The lowest BCUT2D eigenvalue weighted by molar-refractivity contribution is -0.111. The minimum atomic E-state index is -0.316. The molecule has 0 aliphatic carbocycles. The van der Waals surface area contributed by atoms with Crippen molar-refractivity contribution in [2.45, 2.75) is 6.42 Å². The molecule has 0 saturated carbocycles. The number of hydrogen-bond donors (Lipinski definition) is 2. The van der Waals surface area contributed by atoms with Crippen molar-refractivity contribution in [1.29, 1.82) is 0 Å². The van der Waals surface area contributed by atoms with E-state index in [2.05, 4.69) is 15.6 Å². The van der Waals surface area contributed by atoms with E-state index in [1.165, 1.54) is 11.3 Å². The minimum Gasteiger partial charge on any atom is -0.495 e. The number of aromatic nitrogens is 1. The molecule has 0 fully saturated rings. The van der Waals surface area contributed by atoms with Gasteiger partial charge in [0.1, 0.15) is 11.4 Å². The number of carbonyl (C=O) groups is 2. The van der Waals surface area contributed by atoms with Crippen molar-refractivity contribution < 1.29 is 14.3 Å². The molecule has 0 saturated heterocycles. The largest absolute Gasteiger partial charge is 0.495 e. The summed E-state index contributed by atoms with van der Waals surface area (Å²) in [6, 6.07) is 25.5. The van der Waals surface area contributed by atoms with Gasteiger partial charge in [-0.1, -0.05) is 66.7 Å². The van der Waals surface area contributed by atoms with Crippen LogP contribution in [0.5, 0.6) is 5.75 Å². The van der Waals surface area contributed by atoms with Crippen molar-refractivity contribution in [2.75, 3.05) is 38.0 Å². The van der Waals surface area contributed by atoms with Gasteiger partial charge in [0, 0.05) is 32.1 Å². The van der Waals surface area contributed by atoms with E-state index in [1.54, 1.807) is 18.6 Å². The minimum absolute atomic E-state index is 0.265. The van der Waals surface area contributed by atoms with Crippen molar-refractivity contribution in [3.8, 4) is 5.75 Å². The Kier molecular flexibility index (Phi) is 8.89. The molecule has 2 amide bonds. The van der Waals surface area contributed by atoms with E-state index in [1.807, 2.05) is 97.9 Å². The first kappa shape index (κ1) is 26.6. The Morgan fingerprint density at radius 2 is 1.63 bits per heavy atom. The number of nitrogens with one attached hydrogen (secondary N) is 2. The van der Waals surface area contributed by atoms with Crippen LogP contribution in [0.25, 0.3) is 5.57 Å². The molecule has 194 valence electrons. The lowest BCUT2D eigenvalue weighted by atomic mass is 9.97. The molecule has 0 bridgehead atoms. The van der Waals surface area contributed by atoms with E-state index in [4.69, 9.17) is 4.74 Å². The SMILES string of the molecule is COc1cc(CCNC(=O)c2csc(NC(=O)C=C(c3ccccc3)c3ccccc3)n2)ccc1N(C)C. The predicted molar refractivity (Wildman–Crippen MR) is 154 cm³/mol. The van der Waals surface area contributed by atoms with Crippen LogP contribution in [0.2, 0.25) is 0 Å². The van der Waals surface area contributed by atoms with Crippen LogP contribution in [-0.4, -0.2) is 44.5 Å². The van der Waals surface area contributed by atoms with Crippen LogP contribution in [0.15, 0.2) is 90.3 Å². The quantitative estimate of drug-likeness (QED) is 0.276. The van der Waals surface area contributed by atoms with Gasteiger partial charge in [0.15, 0.2) is 5.13 Å². The molecule has 3 aromatic carbocycles. The van der Waals surface area contributed by atoms with E-state index >= 15 is 0 Å². The van der Waals surface area contributed by atoms with Gasteiger partial charge in [-0.15, -0.1) is 11.3 Å². The molecule has 1 heterocycles. The van der Waals surface area contributed by atoms with Crippen molar-refractivity contribution in [2.24, 2.45) is 0 Å². The van der Waals surface area contributed by atoms with E-state index in [0.717, 1.165) is 33.7 Å². The standard InChI is InChI=1S/C30H30N4O3S/c1-34(2)26-15-14-21(18-27(26)37-3)16-17-31-29(36)25-20-38-30(32-25)33-28(35)19-24(22-10-6-4-7-11-22)23-12-8-5-9-13-23/h4-15,18-20H,16-17H2,1-3H3,(H,31,36)(H,32,33,35). The highest BCUT2D eigenvalue weighted by atomic mass is 32.1. The summed E-state index contributed by atoms with van der Waals surface area (Å²) in [5, 5.41) is 7.68. The highest BCUT2D eigenvalue weighted by Gasteiger charge is 2.13. The molecule has 0 atom stereocenters. The lowest BCUT2D eigenvalue weighted by Gasteiger charge is -2.17. The topological polar surface area (TPSA) is 83.6 Å².